The van der Waals surface area contributed by atoms with E-state index in [0.29, 0.717) is 0 Å². The number of hydrogen-bond acceptors (Lipinski definition) is 2. The molecule has 0 spiro atoms. The topological polar surface area (TPSA) is 72.4 Å². The molecule has 0 unspecified atom stereocenters. The van der Waals surface area contributed by atoms with Gasteiger partial charge in [0.15, 0.2) is 0 Å². The fraction of sp³-hybridized carbons (Fsp3) is 0. The molecule has 0 aliphatic rings. The molecule has 0 saturated carbocycles. The Kier molecular flexibility index (Phi) is 0.897. The van der Waals surface area contributed by atoms with Crippen LogP contribution in [-0.2, 0) is 0 Å². The second-order valence-electron chi connectivity index (χ2n) is 1.27. The standard InChI is InChI=1S/C4H3N3O/c5-1-3-2-6-4(8)7-3/h2H,(H2,6,7,8). The average Bonchev–Trinajstić information content (AvgIpc) is 2.14. The average molecular weight is 109 g/mol. The van der Waals surface area contributed by atoms with Crippen molar-refractivity contribution in [3.8, 4) is 6.07 Å². The van der Waals surface area contributed by atoms with Crippen LogP contribution in [0.2, 0.25) is 0 Å². The molecule has 0 saturated heterocycles. The highest BCUT2D eigenvalue weighted by molar-refractivity contribution is 5.14. The van der Waals surface area contributed by atoms with E-state index in [1.54, 1.807) is 6.07 Å². The molecule has 0 aromatic carbocycles. The summed E-state index contributed by atoms with van der Waals surface area (Å²) in [7, 11) is 0. The quantitative estimate of drug-likeness (QED) is 0.474. The lowest BCUT2D eigenvalue weighted by Gasteiger charge is -1.64. The summed E-state index contributed by atoms with van der Waals surface area (Å²) in [5.74, 6) is 0. The summed E-state index contributed by atoms with van der Waals surface area (Å²) in [6.45, 7) is 0. The van der Waals surface area contributed by atoms with E-state index >= 15 is 0 Å². The maximum Gasteiger partial charge on any atom is 0.323 e. The number of aromatic amines is 2. The van der Waals surface area contributed by atoms with E-state index in [2.05, 4.69) is 9.97 Å². The van der Waals surface area contributed by atoms with Crippen molar-refractivity contribution in [2.24, 2.45) is 0 Å². The third-order valence-corrected chi connectivity index (χ3v) is 0.716. The molecular weight excluding hydrogens is 106 g/mol. The summed E-state index contributed by atoms with van der Waals surface area (Å²) in [5, 5.41) is 8.11. The normalized spacial score (nSPS) is 8.38. The molecule has 0 amide bonds. The lowest BCUT2D eigenvalue weighted by Crippen LogP contribution is -1.99. The summed E-state index contributed by atoms with van der Waals surface area (Å²) in [6, 6.07) is 1.76. The van der Waals surface area contributed by atoms with E-state index in [0.717, 1.165) is 0 Å². The Morgan fingerprint density at radius 3 is 2.75 bits per heavy atom. The van der Waals surface area contributed by atoms with E-state index in [1.807, 2.05) is 0 Å². The molecule has 8 heavy (non-hydrogen) atoms. The van der Waals surface area contributed by atoms with Crippen LogP contribution < -0.4 is 5.69 Å². The molecule has 0 aliphatic carbocycles. The van der Waals surface area contributed by atoms with E-state index in [4.69, 9.17) is 5.26 Å². The molecule has 1 rings (SSSR count). The Bertz CT molecular complexity index is 263. The van der Waals surface area contributed by atoms with E-state index < -0.39 is 0 Å². The van der Waals surface area contributed by atoms with Crippen molar-refractivity contribution in [2.75, 3.05) is 0 Å². The van der Waals surface area contributed by atoms with Crippen LogP contribution in [0.15, 0.2) is 11.0 Å². The Labute approximate surface area is 44.8 Å². The molecule has 0 atom stereocenters. The lowest BCUT2D eigenvalue weighted by molar-refractivity contribution is 1.18. The van der Waals surface area contributed by atoms with Crippen molar-refractivity contribution in [1.82, 2.24) is 9.97 Å². The van der Waals surface area contributed by atoms with Gasteiger partial charge in [0.1, 0.15) is 11.8 Å². The largest absolute Gasteiger partial charge is 0.323 e. The van der Waals surface area contributed by atoms with Gasteiger partial charge in [-0.25, -0.2) is 4.79 Å². The predicted molar refractivity (Wildman–Crippen MR) is 26.1 cm³/mol. The van der Waals surface area contributed by atoms with Crippen LogP contribution >= 0.6 is 0 Å². The zero-order valence-corrected chi connectivity index (χ0v) is 3.93. The highest BCUT2D eigenvalue weighted by Gasteiger charge is 1.87. The highest BCUT2D eigenvalue weighted by atomic mass is 16.1. The van der Waals surface area contributed by atoms with Crippen molar-refractivity contribution in [3.05, 3.63) is 22.4 Å². The maximum absolute atomic E-state index is 10.2. The van der Waals surface area contributed by atoms with Crippen LogP contribution in [0.5, 0.6) is 0 Å². The van der Waals surface area contributed by atoms with Crippen LogP contribution in [-0.4, -0.2) is 9.97 Å². The van der Waals surface area contributed by atoms with Crippen molar-refractivity contribution in [2.45, 2.75) is 0 Å². The van der Waals surface area contributed by atoms with Crippen molar-refractivity contribution >= 4 is 0 Å². The van der Waals surface area contributed by atoms with Crippen molar-refractivity contribution in [3.63, 3.8) is 0 Å². The fourth-order valence-corrected chi connectivity index (χ4v) is 0.392. The highest BCUT2D eigenvalue weighted by Crippen LogP contribution is 1.78. The minimum absolute atomic E-state index is 0.259. The van der Waals surface area contributed by atoms with Gasteiger partial charge in [0.25, 0.3) is 0 Å². The molecule has 4 heteroatoms. The smallest absolute Gasteiger partial charge is 0.312 e. The van der Waals surface area contributed by atoms with E-state index in [-0.39, 0.29) is 11.4 Å². The van der Waals surface area contributed by atoms with Gasteiger partial charge in [-0.3, -0.25) is 4.98 Å². The summed E-state index contributed by atoms with van der Waals surface area (Å²) < 4.78 is 0. The zero-order valence-electron chi connectivity index (χ0n) is 3.93. The minimum atomic E-state index is -0.346. The first-order valence-corrected chi connectivity index (χ1v) is 2.01. The number of nitrogens with zero attached hydrogens (tertiary/aromatic N) is 1. The first-order valence-electron chi connectivity index (χ1n) is 2.01. The van der Waals surface area contributed by atoms with Crippen LogP contribution in [0.4, 0.5) is 0 Å². The van der Waals surface area contributed by atoms with Gasteiger partial charge < -0.3 is 4.98 Å². The van der Waals surface area contributed by atoms with Crippen LogP contribution in [0.25, 0.3) is 0 Å². The molecule has 1 aromatic heterocycles. The third kappa shape index (κ3) is 0.611. The molecule has 1 heterocycles. The van der Waals surface area contributed by atoms with Crippen molar-refractivity contribution in [1.29, 1.82) is 5.26 Å². The van der Waals surface area contributed by atoms with Gasteiger partial charge in [0, 0.05) is 6.20 Å². The number of H-pyrrole nitrogens is 2. The Hall–Kier alpha value is -1.50. The van der Waals surface area contributed by atoms with Gasteiger partial charge in [-0.15, -0.1) is 0 Å². The number of aromatic nitrogens is 2. The number of nitriles is 1. The predicted octanol–water partition coefficient (Wildman–Crippen LogP) is -0.425. The van der Waals surface area contributed by atoms with E-state index in [1.165, 1.54) is 6.20 Å². The Morgan fingerprint density at radius 2 is 2.50 bits per heavy atom. The molecule has 40 valence electrons. The number of rotatable bonds is 0. The second-order valence-corrected chi connectivity index (χ2v) is 1.27. The van der Waals surface area contributed by atoms with Gasteiger partial charge in [-0.2, -0.15) is 5.26 Å². The zero-order chi connectivity index (χ0) is 5.98. The number of imidazole rings is 1. The molecule has 0 aliphatic heterocycles. The number of nitrogens with one attached hydrogen (secondary N) is 2. The fourth-order valence-electron chi connectivity index (χ4n) is 0.392. The van der Waals surface area contributed by atoms with Gasteiger partial charge in [0.05, 0.1) is 0 Å². The molecule has 2 N–H and O–H groups in total. The molecule has 0 bridgehead atoms. The van der Waals surface area contributed by atoms with Crippen molar-refractivity contribution < 1.29 is 0 Å². The molecular formula is C4H3N3O. The van der Waals surface area contributed by atoms with Crippen LogP contribution in [0, 0.1) is 11.3 Å². The lowest BCUT2D eigenvalue weighted by atomic mass is 10.6. The summed E-state index contributed by atoms with van der Waals surface area (Å²) >= 11 is 0. The van der Waals surface area contributed by atoms with E-state index in [9.17, 15) is 4.79 Å². The van der Waals surface area contributed by atoms with Gasteiger partial charge in [-0.05, 0) is 0 Å². The maximum atomic E-state index is 10.2. The SMILES string of the molecule is N#Cc1c[nH]c(=O)[nH]1. The molecule has 0 fully saturated rings. The molecule has 1 aromatic rings. The Morgan fingerprint density at radius 1 is 1.75 bits per heavy atom. The number of hydrogen-bond donors (Lipinski definition) is 2. The molecule has 0 radical (unpaired) electrons. The first kappa shape index (κ1) is 4.65. The van der Waals surface area contributed by atoms with Gasteiger partial charge in [-0.1, -0.05) is 0 Å². The summed E-state index contributed by atoms with van der Waals surface area (Å²) in [4.78, 5) is 14.7. The molecule has 4 nitrogen and oxygen atoms in total. The monoisotopic (exact) mass is 109 g/mol. The summed E-state index contributed by atoms with van der Waals surface area (Å²) in [5.41, 5.74) is -0.0865. The van der Waals surface area contributed by atoms with Crippen LogP contribution in [0.1, 0.15) is 5.69 Å². The van der Waals surface area contributed by atoms with Gasteiger partial charge in [0.2, 0.25) is 0 Å². The first-order chi connectivity index (χ1) is 3.83. The van der Waals surface area contributed by atoms with Crippen LogP contribution in [0.3, 0.4) is 0 Å². The Balaban J connectivity index is 3.25. The third-order valence-electron chi connectivity index (χ3n) is 0.716. The summed E-state index contributed by atoms with van der Waals surface area (Å²) in [6.07, 6.45) is 1.32. The minimum Gasteiger partial charge on any atom is -0.312 e. The second kappa shape index (κ2) is 1.54. The van der Waals surface area contributed by atoms with Gasteiger partial charge >= 0.3 is 5.69 Å².